The van der Waals surface area contributed by atoms with E-state index in [4.69, 9.17) is 9.47 Å². The van der Waals surface area contributed by atoms with Gasteiger partial charge in [0.15, 0.2) is 0 Å². The van der Waals surface area contributed by atoms with Crippen LogP contribution in [0.15, 0.2) is 30.7 Å². The minimum absolute atomic E-state index is 0.126. The second-order valence-corrected chi connectivity index (χ2v) is 3.29. The lowest BCUT2D eigenvalue weighted by atomic mass is 10.0. The molecule has 1 aromatic carbocycles. The van der Waals surface area contributed by atoms with Gasteiger partial charge in [-0.05, 0) is 6.07 Å². The van der Waals surface area contributed by atoms with Gasteiger partial charge in [0.05, 0.1) is 0 Å². The summed E-state index contributed by atoms with van der Waals surface area (Å²) >= 11 is 0. The van der Waals surface area contributed by atoms with Crippen LogP contribution in [-0.4, -0.2) is 11.8 Å². The molecule has 2 rings (SSSR count). The van der Waals surface area contributed by atoms with Gasteiger partial charge in [0.2, 0.25) is 0 Å². The van der Waals surface area contributed by atoms with Crippen LogP contribution in [0, 0.1) is 5.82 Å². The highest BCUT2D eigenvalue weighted by Gasteiger charge is 2.25. The highest BCUT2D eigenvalue weighted by Crippen LogP contribution is 2.32. The van der Waals surface area contributed by atoms with E-state index in [0.717, 1.165) is 6.07 Å². The van der Waals surface area contributed by atoms with Crippen LogP contribution in [0.3, 0.4) is 0 Å². The Morgan fingerprint density at radius 1 is 1.31 bits per heavy atom. The van der Waals surface area contributed by atoms with Crippen molar-refractivity contribution in [3.05, 3.63) is 47.7 Å². The average Bonchev–Trinajstić information content (AvgIpc) is 2.81. The third-order valence-electron chi connectivity index (χ3n) is 2.28. The molecule has 0 radical (unpaired) electrons. The van der Waals surface area contributed by atoms with Crippen LogP contribution in [0.2, 0.25) is 0 Å². The van der Waals surface area contributed by atoms with Crippen LogP contribution in [-0.2, 0) is 9.47 Å². The van der Waals surface area contributed by atoms with Gasteiger partial charge < -0.3 is 14.6 Å². The molecule has 0 saturated heterocycles. The Morgan fingerprint density at radius 2 is 2.00 bits per heavy atom. The first-order chi connectivity index (χ1) is 7.74. The molecule has 3 nitrogen and oxygen atoms in total. The second-order valence-electron chi connectivity index (χ2n) is 3.29. The molecule has 1 aromatic rings. The molecule has 0 amide bonds. The van der Waals surface area contributed by atoms with Crippen molar-refractivity contribution in [1.29, 1.82) is 0 Å². The highest BCUT2D eigenvalue weighted by atomic mass is 19.1. The summed E-state index contributed by atoms with van der Waals surface area (Å²) in [5.41, 5.74) is 0.161. The third-order valence-corrected chi connectivity index (χ3v) is 2.28. The quantitative estimate of drug-likeness (QED) is 0.863. The van der Waals surface area contributed by atoms with Crippen molar-refractivity contribution in [3.63, 3.8) is 0 Å². The lowest BCUT2D eigenvalue weighted by Crippen LogP contribution is -2.10. The number of hydrogen-bond acceptors (Lipinski definition) is 3. The van der Waals surface area contributed by atoms with E-state index in [2.05, 4.69) is 0 Å². The second kappa shape index (κ2) is 4.49. The summed E-state index contributed by atoms with van der Waals surface area (Å²) in [6, 6.07) is 4.12. The standard InChI is InChI=1S/C11H10F2O3/c12-6-9(14)10-7(2-1-3-8(10)13)11-15-4-5-16-11/h1-5,9,11,14H,6H2. The normalized spacial score (nSPS) is 16.9. The summed E-state index contributed by atoms with van der Waals surface area (Å²) in [7, 11) is 0. The summed E-state index contributed by atoms with van der Waals surface area (Å²) in [5, 5.41) is 9.40. The summed E-state index contributed by atoms with van der Waals surface area (Å²) in [6.45, 7) is -1.06. The van der Waals surface area contributed by atoms with E-state index in [0.29, 0.717) is 0 Å². The van der Waals surface area contributed by atoms with E-state index in [1.165, 1.54) is 24.7 Å². The zero-order valence-electron chi connectivity index (χ0n) is 8.27. The van der Waals surface area contributed by atoms with Crippen LogP contribution in [0.5, 0.6) is 0 Å². The van der Waals surface area contributed by atoms with Crippen molar-refractivity contribution in [1.82, 2.24) is 0 Å². The van der Waals surface area contributed by atoms with Crippen molar-refractivity contribution in [3.8, 4) is 0 Å². The maximum atomic E-state index is 13.5. The SMILES string of the molecule is OC(CF)c1c(F)cccc1C1OC=CO1. The predicted molar refractivity (Wildman–Crippen MR) is 51.4 cm³/mol. The maximum Gasteiger partial charge on any atom is 0.266 e. The molecule has 0 aromatic heterocycles. The van der Waals surface area contributed by atoms with E-state index in [1.807, 2.05) is 0 Å². The van der Waals surface area contributed by atoms with Crippen molar-refractivity contribution in [2.45, 2.75) is 12.4 Å². The van der Waals surface area contributed by atoms with Crippen LogP contribution < -0.4 is 0 Å². The fraction of sp³-hybridized carbons (Fsp3) is 0.273. The molecule has 5 heteroatoms. The largest absolute Gasteiger partial charge is 0.455 e. The summed E-state index contributed by atoms with van der Waals surface area (Å²) in [4.78, 5) is 0. The van der Waals surface area contributed by atoms with Gasteiger partial charge >= 0.3 is 0 Å². The number of alkyl halides is 1. The zero-order valence-corrected chi connectivity index (χ0v) is 8.27. The number of ether oxygens (including phenoxy) is 2. The first kappa shape index (κ1) is 10.9. The maximum absolute atomic E-state index is 13.5. The van der Waals surface area contributed by atoms with Crippen molar-refractivity contribution < 1.29 is 23.4 Å². The van der Waals surface area contributed by atoms with E-state index in [1.54, 1.807) is 0 Å². The average molecular weight is 228 g/mol. The molecule has 1 aliphatic heterocycles. The fourth-order valence-corrected chi connectivity index (χ4v) is 1.57. The van der Waals surface area contributed by atoms with Crippen molar-refractivity contribution in [2.75, 3.05) is 6.67 Å². The molecular weight excluding hydrogens is 218 g/mol. The molecule has 16 heavy (non-hydrogen) atoms. The van der Waals surface area contributed by atoms with E-state index < -0.39 is 24.9 Å². The number of halogens is 2. The van der Waals surface area contributed by atoms with Gasteiger partial charge in [0.25, 0.3) is 6.29 Å². The van der Waals surface area contributed by atoms with E-state index in [-0.39, 0.29) is 11.1 Å². The zero-order chi connectivity index (χ0) is 11.5. The number of aliphatic hydroxyl groups excluding tert-OH is 1. The van der Waals surface area contributed by atoms with Gasteiger partial charge in [-0.15, -0.1) is 0 Å². The Kier molecular flexibility index (Phi) is 3.05. The summed E-state index contributed by atoms with van der Waals surface area (Å²) in [6.07, 6.45) is 0.276. The number of rotatable bonds is 3. The molecule has 1 unspecified atom stereocenters. The minimum Gasteiger partial charge on any atom is -0.455 e. The Hall–Kier alpha value is -1.62. The number of hydrogen-bond donors (Lipinski definition) is 1. The van der Waals surface area contributed by atoms with Crippen LogP contribution in [0.1, 0.15) is 23.5 Å². The number of benzene rings is 1. The molecule has 1 heterocycles. The molecule has 1 N–H and O–H groups in total. The van der Waals surface area contributed by atoms with Gasteiger partial charge in [-0.2, -0.15) is 0 Å². The first-order valence-corrected chi connectivity index (χ1v) is 4.72. The predicted octanol–water partition coefficient (Wildman–Crippen LogP) is 2.35. The highest BCUT2D eigenvalue weighted by molar-refractivity contribution is 5.32. The van der Waals surface area contributed by atoms with Crippen LogP contribution >= 0.6 is 0 Å². The van der Waals surface area contributed by atoms with E-state index >= 15 is 0 Å². The molecule has 0 fully saturated rings. The Balaban J connectivity index is 2.39. The molecular formula is C11H10F2O3. The molecule has 0 bridgehead atoms. The van der Waals surface area contributed by atoms with Gasteiger partial charge in [-0.1, -0.05) is 12.1 Å². The molecule has 0 spiro atoms. The molecule has 1 atom stereocenters. The van der Waals surface area contributed by atoms with Crippen molar-refractivity contribution in [2.24, 2.45) is 0 Å². The summed E-state index contributed by atoms with van der Waals surface area (Å²) < 4.78 is 35.9. The first-order valence-electron chi connectivity index (χ1n) is 4.72. The smallest absolute Gasteiger partial charge is 0.266 e. The monoisotopic (exact) mass is 228 g/mol. The number of aliphatic hydroxyl groups is 1. The minimum atomic E-state index is -1.51. The van der Waals surface area contributed by atoms with Gasteiger partial charge in [-0.25, -0.2) is 8.78 Å². The molecule has 0 aliphatic carbocycles. The van der Waals surface area contributed by atoms with Crippen molar-refractivity contribution >= 4 is 0 Å². The lowest BCUT2D eigenvalue weighted by molar-refractivity contribution is -0.0274. The lowest BCUT2D eigenvalue weighted by Gasteiger charge is -2.17. The Morgan fingerprint density at radius 3 is 2.62 bits per heavy atom. The third kappa shape index (κ3) is 1.86. The Bertz CT molecular complexity index is 398. The van der Waals surface area contributed by atoms with Gasteiger partial charge in [-0.3, -0.25) is 0 Å². The molecule has 1 aliphatic rings. The van der Waals surface area contributed by atoms with Crippen LogP contribution in [0.4, 0.5) is 8.78 Å². The molecule has 0 saturated carbocycles. The molecule has 86 valence electrons. The van der Waals surface area contributed by atoms with Crippen LogP contribution in [0.25, 0.3) is 0 Å². The fourth-order valence-electron chi connectivity index (χ4n) is 1.57. The van der Waals surface area contributed by atoms with E-state index in [9.17, 15) is 13.9 Å². The Labute approximate surface area is 90.9 Å². The summed E-state index contributed by atoms with van der Waals surface area (Å²) in [5.74, 6) is -0.679. The van der Waals surface area contributed by atoms with Gasteiger partial charge in [0.1, 0.15) is 31.1 Å². The topological polar surface area (TPSA) is 38.7 Å². The van der Waals surface area contributed by atoms with Gasteiger partial charge in [0, 0.05) is 11.1 Å².